The molecule has 0 radical (unpaired) electrons. The zero-order valence-corrected chi connectivity index (χ0v) is 12.6. The molecular formula is C16H22N2O3. The summed E-state index contributed by atoms with van der Waals surface area (Å²) in [4.78, 5) is 24.5. The van der Waals surface area contributed by atoms with E-state index < -0.39 is 0 Å². The number of nitrogens with zero attached hydrogens (tertiary/aromatic N) is 1. The van der Waals surface area contributed by atoms with Gasteiger partial charge in [0, 0.05) is 32.6 Å². The van der Waals surface area contributed by atoms with Gasteiger partial charge in [-0.15, -0.1) is 0 Å². The highest BCUT2D eigenvalue weighted by Gasteiger charge is 2.19. The lowest BCUT2D eigenvalue weighted by Crippen LogP contribution is -2.43. The highest BCUT2D eigenvalue weighted by Crippen LogP contribution is 2.12. The van der Waals surface area contributed by atoms with E-state index in [9.17, 15) is 9.59 Å². The average Bonchev–Trinajstić information content (AvgIpc) is 2.53. The number of amides is 1. The minimum absolute atomic E-state index is 0.159. The highest BCUT2D eigenvalue weighted by atomic mass is 16.5. The van der Waals surface area contributed by atoms with Crippen molar-refractivity contribution in [3.8, 4) is 0 Å². The molecule has 0 bridgehead atoms. The lowest BCUT2D eigenvalue weighted by Gasteiger charge is -2.31. The monoisotopic (exact) mass is 290 g/mol. The van der Waals surface area contributed by atoms with Gasteiger partial charge in [0.2, 0.25) is 5.91 Å². The molecule has 5 nitrogen and oxygen atoms in total. The van der Waals surface area contributed by atoms with Crippen LogP contribution in [0.1, 0.15) is 35.7 Å². The van der Waals surface area contributed by atoms with Gasteiger partial charge < -0.3 is 15.0 Å². The molecule has 1 fully saturated rings. The number of hydrogen-bond acceptors (Lipinski definition) is 4. The quantitative estimate of drug-likeness (QED) is 0.855. The minimum Gasteiger partial charge on any atom is -0.465 e. The molecule has 114 valence electrons. The van der Waals surface area contributed by atoms with Gasteiger partial charge >= 0.3 is 5.97 Å². The Hall–Kier alpha value is -1.88. The van der Waals surface area contributed by atoms with Crippen molar-refractivity contribution >= 4 is 11.9 Å². The predicted octanol–water partition coefficient (Wildman–Crippen LogP) is 1.57. The van der Waals surface area contributed by atoms with Crippen molar-refractivity contribution in [2.75, 3.05) is 20.2 Å². The van der Waals surface area contributed by atoms with Gasteiger partial charge in [-0.05, 0) is 30.5 Å². The summed E-state index contributed by atoms with van der Waals surface area (Å²) >= 11 is 0. The van der Waals surface area contributed by atoms with Crippen molar-refractivity contribution in [2.24, 2.45) is 0 Å². The molecule has 5 heteroatoms. The van der Waals surface area contributed by atoms with Gasteiger partial charge in [-0.1, -0.05) is 12.1 Å². The molecule has 21 heavy (non-hydrogen) atoms. The van der Waals surface area contributed by atoms with Crippen LogP contribution in [0.15, 0.2) is 24.3 Å². The maximum absolute atomic E-state index is 11.3. The number of carbonyl (C=O) groups excluding carboxylic acids is 2. The Morgan fingerprint density at radius 2 is 1.86 bits per heavy atom. The molecule has 1 aliphatic heterocycles. The molecule has 1 aromatic carbocycles. The first kappa shape index (κ1) is 15.5. The van der Waals surface area contributed by atoms with Crippen molar-refractivity contribution in [2.45, 2.75) is 32.4 Å². The van der Waals surface area contributed by atoms with E-state index in [0.717, 1.165) is 38.0 Å². The molecule has 0 aromatic heterocycles. The van der Waals surface area contributed by atoms with Gasteiger partial charge in [-0.25, -0.2) is 4.79 Å². The van der Waals surface area contributed by atoms with Crippen LogP contribution in [0.5, 0.6) is 0 Å². The summed E-state index contributed by atoms with van der Waals surface area (Å²) in [5.41, 5.74) is 1.70. The summed E-state index contributed by atoms with van der Waals surface area (Å²) in [6.07, 6.45) is 1.97. The van der Waals surface area contributed by atoms with E-state index in [1.165, 1.54) is 7.11 Å². The van der Waals surface area contributed by atoms with Crippen LogP contribution < -0.4 is 5.32 Å². The molecule has 1 aromatic rings. The first-order chi connectivity index (χ1) is 10.1. The number of carbonyl (C=O) groups is 2. The summed E-state index contributed by atoms with van der Waals surface area (Å²) in [5.74, 6) is -0.155. The van der Waals surface area contributed by atoms with Crippen molar-refractivity contribution in [3.05, 3.63) is 35.4 Å². The number of hydrogen-bond donors (Lipinski definition) is 1. The van der Waals surface area contributed by atoms with Crippen LogP contribution in [0, 0.1) is 0 Å². The smallest absolute Gasteiger partial charge is 0.337 e. The Balaban J connectivity index is 1.79. The standard InChI is InChI=1S/C16H22N2O3/c1-12(19)18-9-7-15(8-10-18)17-11-13-3-5-14(6-4-13)16(20)21-2/h3-6,15,17H,7-11H2,1-2H3. The van der Waals surface area contributed by atoms with Gasteiger partial charge in [0.1, 0.15) is 0 Å². The maximum atomic E-state index is 11.3. The second-order valence-electron chi connectivity index (χ2n) is 5.35. The third-order valence-electron chi connectivity index (χ3n) is 3.91. The van der Waals surface area contributed by atoms with Crippen LogP contribution >= 0.6 is 0 Å². The fourth-order valence-electron chi connectivity index (χ4n) is 2.54. The van der Waals surface area contributed by atoms with Gasteiger partial charge in [-0.2, -0.15) is 0 Å². The molecule has 0 saturated carbocycles. The van der Waals surface area contributed by atoms with Crippen LogP contribution in [0.2, 0.25) is 0 Å². The number of ether oxygens (including phenoxy) is 1. The van der Waals surface area contributed by atoms with Crippen LogP contribution in [0.4, 0.5) is 0 Å². The summed E-state index contributed by atoms with van der Waals surface area (Å²) in [5, 5.41) is 3.51. The topological polar surface area (TPSA) is 58.6 Å². The van der Waals surface area contributed by atoms with Crippen molar-refractivity contribution in [1.29, 1.82) is 0 Å². The van der Waals surface area contributed by atoms with E-state index in [2.05, 4.69) is 10.1 Å². The molecular weight excluding hydrogens is 268 g/mol. The molecule has 1 aliphatic rings. The summed E-state index contributed by atoms with van der Waals surface area (Å²) in [6.45, 7) is 4.05. The molecule has 2 rings (SSSR count). The number of esters is 1. The Bertz CT molecular complexity index is 491. The van der Waals surface area contributed by atoms with Gasteiger partial charge in [-0.3, -0.25) is 4.79 Å². The Labute approximate surface area is 125 Å². The van der Waals surface area contributed by atoms with Crippen LogP contribution in [-0.2, 0) is 16.1 Å². The number of likely N-dealkylation sites (tertiary alicyclic amines) is 1. The van der Waals surface area contributed by atoms with Gasteiger partial charge in [0.25, 0.3) is 0 Å². The SMILES string of the molecule is COC(=O)c1ccc(CNC2CCN(C(C)=O)CC2)cc1. The fourth-order valence-corrected chi connectivity index (χ4v) is 2.54. The third-order valence-corrected chi connectivity index (χ3v) is 3.91. The number of benzene rings is 1. The third kappa shape index (κ3) is 4.29. The van der Waals surface area contributed by atoms with Gasteiger partial charge in [0.15, 0.2) is 0 Å². The molecule has 1 heterocycles. The lowest BCUT2D eigenvalue weighted by molar-refractivity contribution is -0.129. The first-order valence-electron chi connectivity index (χ1n) is 7.26. The van der Waals surface area contributed by atoms with E-state index in [-0.39, 0.29) is 11.9 Å². The maximum Gasteiger partial charge on any atom is 0.337 e. The Morgan fingerprint density at radius 1 is 1.24 bits per heavy atom. The summed E-state index contributed by atoms with van der Waals surface area (Å²) < 4.78 is 4.67. The van der Waals surface area contributed by atoms with E-state index in [4.69, 9.17) is 0 Å². The number of rotatable bonds is 4. The second-order valence-corrected chi connectivity index (χ2v) is 5.35. The van der Waals surface area contributed by atoms with Gasteiger partial charge in [0.05, 0.1) is 12.7 Å². The second kappa shape index (κ2) is 7.22. The van der Waals surface area contributed by atoms with E-state index in [1.807, 2.05) is 17.0 Å². The molecule has 1 saturated heterocycles. The van der Waals surface area contributed by atoms with Crippen molar-refractivity contribution in [3.63, 3.8) is 0 Å². The molecule has 1 amide bonds. The average molecular weight is 290 g/mol. The zero-order valence-electron chi connectivity index (χ0n) is 12.6. The molecule has 0 unspecified atom stereocenters. The predicted molar refractivity (Wildman–Crippen MR) is 79.9 cm³/mol. The summed E-state index contributed by atoms with van der Waals surface area (Å²) in [7, 11) is 1.38. The van der Waals surface area contributed by atoms with Crippen molar-refractivity contribution < 1.29 is 14.3 Å². The minimum atomic E-state index is -0.314. The molecule has 0 atom stereocenters. The summed E-state index contributed by atoms with van der Waals surface area (Å²) in [6, 6.07) is 7.87. The number of nitrogens with one attached hydrogen (secondary N) is 1. The fraction of sp³-hybridized carbons (Fsp3) is 0.500. The van der Waals surface area contributed by atoms with E-state index in [0.29, 0.717) is 11.6 Å². The van der Waals surface area contributed by atoms with Crippen LogP contribution in [0.3, 0.4) is 0 Å². The molecule has 0 aliphatic carbocycles. The van der Waals surface area contributed by atoms with E-state index in [1.54, 1.807) is 19.1 Å². The first-order valence-corrected chi connectivity index (χ1v) is 7.26. The number of piperidine rings is 1. The zero-order chi connectivity index (χ0) is 15.2. The molecule has 0 spiro atoms. The number of methoxy groups -OCH3 is 1. The van der Waals surface area contributed by atoms with Crippen LogP contribution in [0.25, 0.3) is 0 Å². The Morgan fingerprint density at radius 3 is 2.38 bits per heavy atom. The normalized spacial score (nSPS) is 15.8. The molecule has 1 N–H and O–H groups in total. The highest BCUT2D eigenvalue weighted by molar-refractivity contribution is 5.89. The Kier molecular flexibility index (Phi) is 5.33. The van der Waals surface area contributed by atoms with Crippen LogP contribution in [-0.4, -0.2) is 43.0 Å². The lowest BCUT2D eigenvalue weighted by atomic mass is 10.0. The van der Waals surface area contributed by atoms with E-state index >= 15 is 0 Å². The largest absolute Gasteiger partial charge is 0.465 e. The van der Waals surface area contributed by atoms with Crippen molar-refractivity contribution in [1.82, 2.24) is 10.2 Å².